The average molecular weight is 296 g/mol. The highest BCUT2D eigenvalue weighted by Crippen LogP contribution is 2.29. The van der Waals surface area contributed by atoms with Crippen molar-refractivity contribution in [3.05, 3.63) is 42.4 Å². The molecule has 0 radical (unpaired) electrons. The van der Waals surface area contributed by atoms with Gasteiger partial charge in [0.05, 0.1) is 17.6 Å². The zero-order valence-corrected chi connectivity index (χ0v) is 12.6. The Morgan fingerprint density at radius 3 is 3.05 bits per heavy atom. The Hall–Kier alpha value is -2.27. The summed E-state index contributed by atoms with van der Waals surface area (Å²) in [5, 5.41) is 2.95. The summed E-state index contributed by atoms with van der Waals surface area (Å²) in [4.78, 5) is 20.7. The van der Waals surface area contributed by atoms with Crippen LogP contribution in [0.4, 0.5) is 5.69 Å². The van der Waals surface area contributed by atoms with E-state index < -0.39 is 0 Å². The molecule has 2 aromatic rings. The van der Waals surface area contributed by atoms with Crippen molar-refractivity contribution in [1.29, 1.82) is 0 Å². The number of rotatable bonds is 0. The van der Waals surface area contributed by atoms with Crippen LogP contribution in [0.1, 0.15) is 37.8 Å². The van der Waals surface area contributed by atoms with Crippen molar-refractivity contribution < 1.29 is 4.79 Å². The molecule has 0 aliphatic carbocycles. The molecule has 5 nitrogen and oxygen atoms in total. The molecule has 5 heteroatoms. The standard InChI is InChI=1S/C17H20N4O/c1-11-4-2-7-14(18)12-5-3-6-13(8-12)16-15(21-17(11)22)9-19-10-20-16/h3,5-6,8-11,14H,2,4,7,18H2,1H3,(H,21,22)/t11-,14+/m1/s1. The Morgan fingerprint density at radius 2 is 2.18 bits per heavy atom. The van der Waals surface area contributed by atoms with E-state index in [1.807, 2.05) is 31.2 Å². The fourth-order valence-corrected chi connectivity index (χ4v) is 2.77. The predicted molar refractivity (Wildman–Crippen MR) is 86.0 cm³/mol. The third-order valence-corrected chi connectivity index (χ3v) is 4.16. The largest absolute Gasteiger partial charge is 0.324 e. The van der Waals surface area contributed by atoms with Crippen LogP contribution in [0.2, 0.25) is 0 Å². The molecule has 1 amide bonds. The van der Waals surface area contributed by atoms with Gasteiger partial charge in [0.1, 0.15) is 6.33 Å². The van der Waals surface area contributed by atoms with Gasteiger partial charge in [-0.25, -0.2) is 9.97 Å². The number of anilines is 1. The van der Waals surface area contributed by atoms with E-state index in [-0.39, 0.29) is 17.9 Å². The van der Waals surface area contributed by atoms with E-state index in [9.17, 15) is 4.79 Å². The second kappa shape index (κ2) is 6.23. The van der Waals surface area contributed by atoms with Crippen LogP contribution in [0.25, 0.3) is 11.3 Å². The fraction of sp³-hybridized carbons (Fsp3) is 0.353. The lowest BCUT2D eigenvalue weighted by molar-refractivity contribution is -0.119. The van der Waals surface area contributed by atoms with E-state index in [1.54, 1.807) is 6.20 Å². The van der Waals surface area contributed by atoms with Crippen molar-refractivity contribution in [3.63, 3.8) is 0 Å². The molecule has 22 heavy (non-hydrogen) atoms. The van der Waals surface area contributed by atoms with Crippen molar-refractivity contribution >= 4 is 11.6 Å². The van der Waals surface area contributed by atoms with E-state index in [4.69, 9.17) is 5.73 Å². The second-order valence-corrected chi connectivity index (χ2v) is 5.84. The van der Waals surface area contributed by atoms with Gasteiger partial charge in [-0.15, -0.1) is 0 Å². The molecule has 0 unspecified atom stereocenters. The maximum Gasteiger partial charge on any atom is 0.227 e. The molecule has 2 atom stereocenters. The van der Waals surface area contributed by atoms with Crippen molar-refractivity contribution in [2.75, 3.05) is 5.32 Å². The molecular weight excluding hydrogens is 276 g/mol. The Balaban J connectivity index is 2.09. The maximum absolute atomic E-state index is 12.3. The van der Waals surface area contributed by atoms with Crippen molar-refractivity contribution in [1.82, 2.24) is 9.97 Å². The minimum absolute atomic E-state index is 0.00125. The van der Waals surface area contributed by atoms with Gasteiger partial charge in [0.15, 0.2) is 0 Å². The first kappa shape index (κ1) is 14.7. The van der Waals surface area contributed by atoms with E-state index in [2.05, 4.69) is 15.3 Å². The van der Waals surface area contributed by atoms with Gasteiger partial charge in [-0.3, -0.25) is 4.79 Å². The number of hydrogen-bond donors (Lipinski definition) is 2. The van der Waals surface area contributed by atoms with Crippen LogP contribution in [-0.2, 0) is 4.79 Å². The van der Waals surface area contributed by atoms with Gasteiger partial charge in [0.25, 0.3) is 0 Å². The third-order valence-electron chi connectivity index (χ3n) is 4.16. The van der Waals surface area contributed by atoms with Gasteiger partial charge in [-0.05, 0) is 24.5 Å². The summed E-state index contributed by atoms with van der Waals surface area (Å²) in [6.07, 6.45) is 5.76. The van der Waals surface area contributed by atoms with Gasteiger partial charge in [-0.2, -0.15) is 0 Å². The van der Waals surface area contributed by atoms with Crippen molar-refractivity contribution in [2.45, 2.75) is 32.2 Å². The number of benzene rings is 1. The molecular formula is C17H20N4O. The Labute approximate surface area is 130 Å². The monoisotopic (exact) mass is 296 g/mol. The predicted octanol–water partition coefficient (Wildman–Crippen LogP) is 2.90. The highest BCUT2D eigenvalue weighted by atomic mass is 16.1. The Kier molecular flexibility index (Phi) is 4.15. The SMILES string of the molecule is C[C@@H]1CCC[C@H](N)c2cccc(c2)-c2ncncc2NC1=O. The molecule has 1 aromatic heterocycles. The van der Waals surface area contributed by atoms with Crippen molar-refractivity contribution in [2.24, 2.45) is 11.7 Å². The van der Waals surface area contributed by atoms with Gasteiger partial charge >= 0.3 is 0 Å². The molecule has 2 heterocycles. The molecule has 3 rings (SSSR count). The second-order valence-electron chi connectivity index (χ2n) is 5.84. The highest BCUT2D eigenvalue weighted by Gasteiger charge is 2.18. The fourth-order valence-electron chi connectivity index (χ4n) is 2.77. The topological polar surface area (TPSA) is 80.9 Å². The van der Waals surface area contributed by atoms with Crippen LogP contribution in [0.3, 0.4) is 0 Å². The summed E-state index contributed by atoms with van der Waals surface area (Å²) in [6, 6.07) is 8.03. The highest BCUT2D eigenvalue weighted by molar-refractivity contribution is 5.95. The molecule has 1 aliphatic heterocycles. The van der Waals surface area contributed by atoms with Crippen LogP contribution >= 0.6 is 0 Å². The molecule has 0 spiro atoms. The van der Waals surface area contributed by atoms with Gasteiger partial charge in [-0.1, -0.05) is 31.5 Å². The van der Waals surface area contributed by atoms with Crippen LogP contribution < -0.4 is 11.1 Å². The van der Waals surface area contributed by atoms with Crippen LogP contribution in [0.15, 0.2) is 36.8 Å². The lowest BCUT2D eigenvalue weighted by Crippen LogP contribution is -2.22. The zero-order valence-electron chi connectivity index (χ0n) is 12.6. The quantitative estimate of drug-likeness (QED) is 0.783. The maximum atomic E-state index is 12.3. The zero-order chi connectivity index (χ0) is 15.5. The third kappa shape index (κ3) is 2.99. The van der Waals surface area contributed by atoms with E-state index in [0.717, 1.165) is 36.1 Å². The van der Waals surface area contributed by atoms with Crippen LogP contribution in [0, 0.1) is 5.92 Å². The minimum Gasteiger partial charge on any atom is -0.324 e. The number of nitrogens with zero attached hydrogens (tertiary/aromatic N) is 2. The lowest BCUT2D eigenvalue weighted by atomic mass is 9.95. The molecule has 2 bridgehead atoms. The number of amides is 1. The first-order chi connectivity index (χ1) is 10.6. The number of carbonyl (C=O) groups excluding carboxylic acids is 1. The van der Waals surface area contributed by atoms with Crippen LogP contribution in [0.5, 0.6) is 0 Å². The Morgan fingerprint density at radius 1 is 1.32 bits per heavy atom. The molecule has 1 aromatic carbocycles. The first-order valence-corrected chi connectivity index (χ1v) is 7.62. The number of carbonyl (C=O) groups is 1. The molecule has 1 aliphatic rings. The summed E-state index contributed by atoms with van der Waals surface area (Å²) in [7, 11) is 0. The molecule has 114 valence electrons. The molecule has 0 fully saturated rings. The van der Waals surface area contributed by atoms with Gasteiger partial charge < -0.3 is 11.1 Å². The number of aromatic nitrogens is 2. The lowest BCUT2D eigenvalue weighted by Gasteiger charge is -2.18. The minimum atomic E-state index is -0.0574. The summed E-state index contributed by atoms with van der Waals surface area (Å²) >= 11 is 0. The molecule has 3 N–H and O–H groups in total. The summed E-state index contributed by atoms with van der Waals surface area (Å²) in [5.41, 5.74) is 9.70. The number of fused-ring (bicyclic) bond motifs is 4. The van der Waals surface area contributed by atoms with Gasteiger partial charge in [0.2, 0.25) is 5.91 Å². The smallest absolute Gasteiger partial charge is 0.227 e. The van der Waals surface area contributed by atoms with E-state index >= 15 is 0 Å². The molecule has 0 saturated heterocycles. The van der Waals surface area contributed by atoms with Crippen molar-refractivity contribution in [3.8, 4) is 11.3 Å². The number of nitrogens with one attached hydrogen (secondary N) is 1. The summed E-state index contributed by atoms with van der Waals surface area (Å²) < 4.78 is 0. The summed E-state index contributed by atoms with van der Waals surface area (Å²) in [5.74, 6) is -0.0561. The number of nitrogens with two attached hydrogens (primary N) is 1. The average Bonchev–Trinajstić information content (AvgIpc) is 2.54. The first-order valence-electron chi connectivity index (χ1n) is 7.62. The van der Waals surface area contributed by atoms with E-state index in [0.29, 0.717) is 5.69 Å². The Bertz CT molecular complexity index is 686. The van der Waals surface area contributed by atoms with Gasteiger partial charge in [0, 0.05) is 17.5 Å². The van der Waals surface area contributed by atoms with Crippen LogP contribution in [-0.4, -0.2) is 15.9 Å². The summed E-state index contributed by atoms with van der Waals surface area (Å²) in [6.45, 7) is 1.94. The normalized spacial score (nSPS) is 22.0. The van der Waals surface area contributed by atoms with E-state index in [1.165, 1.54) is 6.33 Å². The number of hydrogen-bond acceptors (Lipinski definition) is 4. The molecule has 0 saturated carbocycles.